The minimum absolute atomic E-state index is 0.0153. The molecule has 0 aliphatic rings. The molecule has 1 aromatic heterocycles. The Morgan fingerprint density at radius 1 is 1.07 bits per heavy atom. The van der Waals surface area contributed by atoms with Crippen LogP contribution < -0.4 is 20.9 Å². The number of halogens is 1. The van der Waals surface area contributed by atoms with Gasteiger partial charge >= 0.3 is 0 Å². The van der Waals surface area contributed by atoms with Crippen LogP contribution in [0.2, 0.25) is 5.02 Å². The van der Waals surface area contributed by atoms with E-state index in [1.165, 1.54) is 24.7 Å². The number of methoxy groups -OCH3 is 1. The Morgan fingerprint density at radius 2 is 1.80 bits per heavy atom. The molecule has 0 fully saturated rings. The number of nitrogens with one attached hydrogen (secondary N) is 2. The van der Waals surface area contributed by atoms with Gasteiger partial charge in [-0.25, -0.2) is 0 Å². The number of hydrogen-bond donors (Lipinski definition) is 2. The monoisotopic (exact) mass is 425 g/mol. The van der Waals surface area contributed by atoms with Crippen LogP contribution in [0.25, 0.3) is 0 Å². The van der Waals surface area contributed by atoms with E-state index in [0.717, 1.165) is 5.56 Å². The molecule has 0 aliphatic carbocycles. The van der Waals surface area contributed by atoms with Crippen molar-refractivity contribution in [3.63, 3.8) is 0 Å². The molecule has 7 nitrogen and oxygen atoms in total. The number of ether oxygens (including phenoxy) is 1. The topological polar surface area (TPSA) is 89.4 Å². The molecule has 0 spiro atoms. The quantitative estimate of drug-likeness (QED) is 0.629. The highest BCUT2D eigenvalue weighted by Crippen LogP contribution is 2.28. The van der Waals surface area contributed by atoms with E-state index in [9.17, 15) is 14.4 Å². The van der Waals surface area contributed by atoms with Crippen molar-refractivity contribution in [1.29, 1.82) is 0 Å². The lowest BCUT2D eigenvalue weighted by Gasteiger charge is -2.13. The van der Waals surface area contributed by atoms with Gasteiger partial charge in [0.1, 0.15) is 11.3 Å². The van der Waals surface area contributed by atoms with Gasteiger partial charge in [0.05, 0.1) is 19.3 Å². The predicted octanol–water partition coefficient (Wildman–Crippen LogP) is 3.77. The molecule has 3 rings (SSSR count). The molecule has 0 saturated heterocycles. The number of hydrogen-bond acceptors (Lipinski definition) is 4. The van der Waals surface area contributed by atoms with Crippen molar-refractivity contribution >= 4 is 34.8 Å². The zero-order chi connectivity index (χ0) is 21.7. The number of amides is 2. The summed E-state index contributed by atoms with van der Waals surface area (Å²) in [5, 5.41) is 5.93. The van der Waals surface area contributed by atoms with Gasteiger partial charge in [0.25, 0.3) is 11.5 Å². The number of aromatic nitrogens is 1. The molecule has 0 saturated carbocycles. The smallest absolute Gasteiger partial charge is 0.263 e. The van der Waals surface area contributed by atoms with Crippen LogP contribution in [0.3, 0.4) is 0 Å². The largest absolute Gasteiger partial charge is 0.495 e. The van der Waals surface area contributed by atoms with Crippen LogP contribution in [-0.4, -0.2) is 23.5 Å². The van der Waals surface area contributed by atoms with Crippen LogP contribution in [0.1, 0.15) is 22.8 Å². The zero-order valence-electron chi connectivity index (χ0n) is 16.4. The van der Waals surface area contributed by atoms with Gasteiger partial charge in [-0.1, -0.05) is 23.7 Å². The summed E-state index contributed by atoms with van der Waals surface area (Å²) in [4.78, 5) is 36.9. The van der Waals surface area contributed by atoms with E-state index in [1.807, 2.05) is 12.1 Å². The van der Waals surface area contributed by atoms with Gasteiger partial charge in [0.15, 0.2) is 0 Å². The van der Waals surface area contributed by atoms with E-state index < -0.39 is 11.5 Å². The van der Waals surface area contributed by atoms with Crippen molar-refractivity contribution < 1.29 is 14.3 Å². The van der Waals surface area contributed by atoms with Gasteiger partial charge in [-0.15, -0.1) is 0 Å². The summed E-state index contributed by atoms with van der Waals surface area (Å²) in [6.07, 6.45) is 1.62. The second-order valence-electron chi connectivity index (χ2n) is 6.53. The molecule has 0 atom stereocenters. The standard InChI is InChI=1S/C22H20ClN3O4/c1-14(27)24-17-9-10-20(30-2)19(12-17)25-21(28)18-4-3-11-26(22(18)29)13-15-5-7-16(23)8-6-15/h3-12H,13H2,1-2H3,(H,24,27)(H,25,28). The van der Waals surface area contributed by atoms with Gasteiger partial charge < -0.3 is 19.9 Å². The molecule has 1 heterocycles. The summed E-state index contributed by atoms with van der Waals surface area (Å²) in [6, 6.07) is 15.0. The highest BCUT2D eigenvalue weighted by Gasteiger charge is 2.15. The first-order valence-electron chi connectivity index (χ1n) is 9.08. The van der Waals surface area contributed by atoms with E-state index >= 15 is 0 Å². The molecule has 0 radical (unpaired) electrons. The molecule has 0 aliphatic heterocycles. The molecule has 3 aromatic rings. The maximum absolute atomic E-state index is 12.8. The predicted molar refractivity (Wildman–Crippen MR) is 117 cm³/mol. The lowest BCUT2D eigenvalue weighted by atomic mass is 10.2. The minimum atomic E-state index is -0.580. The Bertz CT molecular complexity index is 1140. The average molecular weight is 426 g/mol. The Labute approximate surface area is 178 Å². The third-order valence-corrected chi connectivity index (χ3v) is 4.55. The summed E-state index contributed by atoms with van der Waals surface area (Å²) in [6.45, 7) is 1.69. The summed E-state index contributed by atoms with van der Waals surface area (Å²) < 4.78 is 6.71. The summed E-state index contributed by atoms with van der Waals surface area (Å²) >= 11 is 5.90. The SMILES string of the molecule is COc1ccc(NC(C)=O)cc1NC(=O)c1cccn(Cc2ccc(Cl)cc2)c1=O. The lowest BCUT2D eigenvalue weighted by Crippen LogP contribution is -2.29. The van der Waals surface area contributed by atoms with Crippen molar-refractivity contribution in [3.05, 3.63) is 87.3 Å². The first kappa shape index (κ1) is 21.1. The number of rotatable bonds is 6. The van der Waals surface area contributed by atoms with E-state index in [4.69, 9.17) is 16.3 Å². The molecular weight excluding hydrogens is 406 g/mol. The normalized spacial score (nSPS) is 10.4. The Morgan fingerprint density at radius 3 is 2.47 bits per heavy atom. The molecule has 30 heavy (non-hydrogen) atoms. The molecular formula is C22H20ClN3O4. The summed E-state index contributed by atoms with van der Waals surface area (Å²) in [7, 11) is 1.46. The number of carbonyl (C=O) groups excluding carboxylic acids is 2. The second-order valence-corrected chi connectivity index (χ2v) is 6.97. The molecule has 154 valence electrons. The molecule has 2 amide bonds. The van der Waals surface area contributed by atoms with Crippen LogP contribution in [0, 0.1) is 0 Å². The number of pyridine rings is 1. The minimum Gasteiger partial charge on any atom is -0.495 e. The van der Waals surface area contributed by atoms with Crippen LogP contribution in [0.5, 0.6) is 5.75 Å². The zero-order valence-corrected chi connectivity index (χ0v) is 17.2. The highest BCUT2D eigenvalue weighted by atomic mass is 35.5. The maximum atomic E-state index is 12.8. The molecule has 8 heteroatoms. The Balaban J connectivity index is 1.86. The Kier molecular flexibility index (Phi) is 6.54. The number of carbonyl (C=O) groups is 2. The van der Waals surface area contributed by atoms with E-state index in [2.05, 4.69) is 10.6 Å². The highest BCUT2D eigenvalue weighted by molar-refractivity contribution is 6.30. The van der Waals surface area contributed by atoms with E-state index in [0.29, 0.717) is 28.7 Å². The van der Waals surface area contributed by atoms with Crippen LogP contribution in [0.4, 0.5) is 11.4 Å². The van der Waals surface area contributed by atoms with Crippen molar-refractivity contribution in [2.45, 2.75) is 13.5 Å². The second kappa shape index (κ2) is 9.28. The Hall–Kier alpha value is -3.58. The van der Waals surface area contributed by atoms with Gasteiger partial charge in [-0.3, -0.25) is 14.4 Å². The van der Waals surface area contributed by atoms with Gasteiger partial charge in [-0.2, -0.15) is 0 Å². The number of anilines is 2. The van der Waals surface area contributed by atoms with Gasteiger partial charge in [-0.05, 0) is 48.0 Å². The van der Waals surface area contributed by atoms with E-state index in [1.54, 1.807) is 42.6 Å². The fourth-order valence-corrected chi connectivity index (χ4v) is 3.02. The lowest BCUT2D eigenvalue weighted by molar-refractivity contribution is -0.114. The van der Waals surface area contributed by atoms with Crippen molar-refractivity contribution in [3.8, 4) is 5.75 Å². The van der Waals surface area contributed by atoms with Crippen LogP contribution in [0.15, 0.2) is 65.6 Å². The maximum Gasteiger partial charge on any atom is 0.263 e. The molecule has 2 N–H and O–H groups in total. The third kappa shape index (κ3) is 5.07. The average Bonchev–Trinajstić information content (AvgIpc) is 2.71. The van der Waals surface area contributed by atoms with Crippen molar-refractivity contribution in [2.75, 3.05) is 17.7 Å². The van der Waals surface area contributed by atoms with Crippen molar-refractivity contribution in [1.82, 2.24) is 4.57 Å². The number of benzene rings is 2. The van der Waals surface area contributed by atoms with Crippen LogP contribution in [-0.2, 0) is 11.3 Å². The molecule has 0 bridgehead atoms. The fourth-order valence-electron chi connectivity index (χ4n) is 2.90. The first-order valence-corrected chi connectivity index (χ1v) is 9.46. The fraction of sp³-hybridized carbons (Fsp3) is 0.136. The number of nitrogens with zero attached hydrogens (tertiary/aromatic N) is 1. The van der Waals surface area contributed by atoms with Gasteiger partial charge in [0, 0.05) is 23.8 Å². The molecule has 2 aromatic carbocycles. The summed E-state index contributed by atoms with van der Waals surface area (Å²) in [5.41, 5.74) is 1.26. The van der Waals surface area contributed by atoms with E-state index in [-0.39, 0.29) is 11.5 Å². The third-order valence-electron chi connectivity index (χ3n) is 4.30. The molecule has 0 unspecified atom stereocenters. The van der Waals surface area contributed by atoms with Gasteiger partial charge in [0.2, 0.25) is 5.91 Å². The van der Waals surface area contributed by atoms with Crippen molar-refractivity contribution in [2.24, 2.45) is 0 Å². The first-order chi connectivity index (χ1) is 14.4. The van der Waals surface area contributed by atoms with Crippen LogP contribution >= 0.6 is 11.6 Å². The summed E-state index contributed by atoms with van der Waals surface area (Å²) in [5.74, 6) is -0.427.